The molecule has 0 heterocycles. The molecule has 0 saturated carbocycles. The van der Waals surface area contributed by atoms with Crippen LogP contribution in [0.15, 0.2) is 24.3 Å². The van der Waals surface area contributed by atoms with Crippen molar-refractivity contribution in [3.63, 3.8) is 0 Å². The van der Waals surface area contributed by atoms with E-state index in [4.69, 9.17) is 15.2 Å². The molecule has 0 aliphatic rings. The van der Waals surface area contributed by atoms with Gasteiger partial charge in [0.25, 0.3) is 0 Å². The first-order valence-corrected chi connectivity index (χ1v) is 4.39. The van der Waals surface area contributed by atoms with Crippen molar-refractivity contribution in [3.05, 3.63) is 24.3 Å². The summed E-state index contributed by atoms with van der Waals surface area (Å²) in [4.78, 5) is 0. The zero-order chi connectivity index (χ0) is 9.52. The summed E-state index contributed by atoms with van der Waals surface area (Å²) in [7, 11) is 0. The number of hydrogen-bond acceptors (Lipinski definition) is 3. The Labute approximate surface area is 90.6 Å². The summed E-state index contributed by atoms with van der Waals surface area (Å²) in [5.41, 5.74) is 6.27. The highest BCUT2D eigenvalue weighted by Crippen LogP contribution is 2.12. The lowest BCUT2D eigenvalue weighted by Crippen LogP contribution is -2.06. The molecule has 0 aliphatic carbocycles. The number of anilines is 1. The lowest BCUT2D eigenvalue weighted by Gasteiger charge is -2.05. The molecule has 0 unspecified atom stereocenters. The van der Waals surface area contributed by atoms with Gasteiger partial charge in [-0.25, -0.2) is 0 Å². The van der Waals surface area contributed by atoms with Gasteiger partial charge in [-0.15, -0.1) is 12.4 Å². The maximum Gasteiger partial charge on any atom is 0.119 e. The summed E-state index contributed by atoms with van der Waals surface area (Å²) in [5, 5.41) is 0. The van der Waals surface area contributed by atoms with Crippen molar-refractivity contribution < 1.29 is 9.47 Å². The molecule has 4 heteroatoms. The number of nitrogen functional groups attached to an aromatic ring is 1. The lowest BCUT2D eigenvalue weighted by atomic mass is 10.3. The monoisotopic (exact) mass is 217 g/mol. The molecular formula is C10H16ClNO2. The van der Waals surface area contributed by atoms with Crippen LogP contribution in [0.25, 0.3) is 0 Å². The molecule has 0 bridgehead atoms. The highest BCUT2D eigenvalue weighted by atomic mass is 35.5. The van der Waals surface area contributed by atoms with E-state index in [1.165, 1.54) is 0 Å². The molecule has 0 saturated heterocycles. The Balaban J connectivity index is 0.00000169. The molecule has 0 amide bonds. The fraction of sp³-hybridized carbons (Fsp3) is 0.400. The van der Waals surface area contributed by atoms with Crippen LogP contribution in [-0.4, -0.2) is 19.8 Å². The van der Waals surface area contributed by atoms with Gasteiger partial charge in [0, 0.05) is 12.3 Å². The van der Waals surface area contributed by atoms with Crippen LogP contribution in [0.4, 0.5) is 5.69 Å². The van der Waals surface area contributed by atoms with Gasteiger partial charge >= 0.3 is 0 Å². The van der Waals surface area contributed by atoms with Crippen LogP contribution < -0.4 is 10.5 Å². The van der Waals surface area contributed by atoms with E-state index < -0.39 is 0 Å². The minimum absolute atomic E-state index is 0. The number of benzene rings is 1. The average molecular weight is 218 g/mol. The molecule has 14 heavy (non-hydrogen) atoms. The predicted octanol–water partition coefficient (Wildman–Crippen LogP) is 2.11. The van der Waals surface area contributed by atoms with Crippen LogP contribution in [0, 0.1) is 0 Å². The predicted molar refractivity (Wildman–Crippen MR) is 60.1 cm³/mol. The van der Waals surface area contributed by atoms with Crippen LogP contribution in [0.5, 0.6) is 5.75 Å². The first kappa shape index (κ1) is 13.1. The molecule has 1 aromatic rings. The first-order chi connectivity index (χ1) is 6.33. The van der Waals surface area contributed by atoms with Crippen molar-refractivity contribution >= 4 is 18.1 Å². The van der Waals surface area contributed by atoms with Gasteiger partial charge in [-0.2, -0.15) is 0 Å². The molecule has 0 atom stereocenters. The van der Waals surface area contributed by atoms with Crippen LogP contribution in [0.2, 0.25) is 0 Å². The maximum absolute atomic E-state index is 5.52. The zero-order valence-corrected chi connectivity index (χ0v) is 9.05. The number of halogens is 1. The summed E-state index contributed by atoms with van der Waals surface area (Å²) >= 11 is 0. The third-order valence-electron chi connectivity index (χ3n) is 1.58. The molecule has 80 valence electrons. The Morgan fingerprint density at radius 3 is 2.36 bits per heavy atom. The largest absolute Gasteiger partial charge is 0.491 e. The summed E-state index contributed by atoms with van der Waals surface area (Å²) < 4.78 is 10.5. The van der Waals surface area contributed by atoms with Gasteiger partial charge < -0.3 is 15.2 Å². The number of ether oxygens (including phenoxy) is 2. The highest BCUT2D eigenvalue weighted by Gasteiger charge is 1.92. The average Bonchev–Trinajstić information content (AvgIpc) is 2.15. The molecule has 1 aromatic carbocycles. The van der Waals surface area contributed by atoms with Crippen LogP contribution in [-0.2, 0) is 4.74 Å². The van der Waals surface area contributed by atoms with Gasteiger partial charge in [-0.3, -0.25) is 0 Å². The minimum atomic E-state index is 0. The number of rotatable bonds is 5. The number of nitrogens with two attached hydrogens (primary N) is 1. The van der Waals surface area contributed by atoms with E-state index in [0.29, 0.717) is 13.2 Å². The lowest BCUT2D eigenvalue weighted by molar-refractivity contribution is 0.110. The fourth-order valence-electron chi connectivity index (χ4n) is 0.927. The SMILES string of the molecule is CCOCCOc1ccc(N)cc1.Cl. The van der Waals surface area contributed by atoms with Crippen molar-refractivity contribution in [3.8, 4) is 5.75 Å². The Morgan fingerprint density at radius 1 is 1.14 bits per heavy atom. The van der Waals surface area contributed by atoms with Crippen LogP contribution >= 0.6 is 12.4 Å². The summed E-state index contributed by atoms with van der Waals surface area (Å²) in [6.07, 6.45) is 0. The molecule has 2 N–H and O–H groups in total. The van der Waals surface area contributed by atoms with Gasteiger partial charge in [0.2, 0.25) is 0 Å². The maximum atomic E-state index is 5.52. The molecule has 0 aromatic heterocycles. The fourth-order valence-corrected chi connectivity index (χ4v) is 0.927. The van der Waals surface area contributed by atoms with E-state index in [2.05, 4.69) is 0 Å². The Morgan fingerprint density at radius 2 is 1.79 bits per heavy atom. The highest BCUT2D eigenvalue weighted by molar-refractivity contribution is 5.85. The van der Waals surface area contributed by atoms with E-state index >= 15 is 0 Å². The first-order valence-electron chi connectivity index (χ1n) is 4.39. The Hall–Kier alpha value is -0.930. The second kappa shape index (κ2) is 7.47. The molecule has 0 spiro atoms. The minimum Gasteiger partial charge on any atom is -0.491 e. The van der Waals surface area contributed by atoms with E-state index in [0.717, 1.165) is 18.0 Å². The zero-order valence-electron chi connectivity index (χ0n) is 8.23. The molecule has 0 radical (unpaired) electrons. The summed E-state index contributed by atoms with van der Waals surface area (Å²) in [6, 6.07) is 7.33. The second-order valence-corrected chi connectivity index (χ2v) is 2.61. The third kappa shape index (κ3) is 4.94. The molecular weight excluding hydrogens is 202 g/mol. The third-order valence-corrected chi connectivity index (χ3v) is 1.58. The van der Waals surface area contributed by atoms with Crippen molar-refractivity contribution in [1.29, 1.82) is 0 Å². The van der Waals surface area contributed by atoms with Gasteiger partial charge in [-0.1, -0.05) is 0 Å². The van der Waals surface area contributed by atoms with Crippen LogP contribution in [0.3, 0.4) is 0 Å². The summed E-state index contributed by atoms with van der Waals surface area (Å²) in [6.45, 7) is 3.90. The molecule has 0 aliphatic heterocycles. The van der Waals surface area contributed by atoms with E-state index in [9.17, 15) is 0 Å². The van der Waals surface area contributed by atoms with Crippen molar-refractivity contribution in [1.82, 2.24) is 0 Å². The molecule has 0 fully saturated rings. The van der Waals surface area contributed by atoms with Crippen molar-refractivity contribution in [2.75, 3.05) is 25.6 Å². The Bertz CT molecular complexity index is 238. The quantitative estimate of drug-likeness (QED) is 0.607. The van der Waals surface area contributed by atoms with E-state index in [-0.39, 0.29) is 12.4 Å². The topological polar surface area (TPSA) is 44.5 Å². The summed E-state index contributed by atoms with van der Waals surface area (Å²) in [5.74, 6) is 0.828. The smallest absolute Gasteiger partial charge is 0.119 e. The van der Waals surface area contributed by atoms with Gasteiger partial charge in [0.15, 0.2) is 0 Å². The van der Waals surface area contributed by atoms with Gasteiger partial charge in [-0.05, 0) is 31.2 Å². The van der Waals surface area contributed by atoms with Gasteiger partial charge in [0.05, 0.1) is 6.61 Å². The molecule has 1 rings (SSSR count). The van der Waals surface area contributed by atoms with Crippen molar-refractivity contribution in [2.45, 2.75) is 6.92 Å². The number of hydrogen-bond donors (Lipinski definition) is 1. The Kier molecular flexibility index (Phi) is 6.98. The van der Waals surface area contributed by atoms with E-state index in [1.54, 1.807) is 0 Å². The molecule has 3 nitrogen and oxygen atoms in total. The van der Waals surface area contributed by atoms with E-state index in [1.807, 2.05) is 31.2 Å². The van der Waals surface area contributed by atoms with Crippen LogP contribution in [0.1, 0.15) is 6.92 Å². The standard InChI is InChI=1S/C10H15NO2.ClH/c1-2-12-7-8-13-10-5-3-9(11)4-6-10;/h3-6H,2,7-8,11H2,1H3;1H. The van der Waals surface area contributed by atoms with Crippen molar-refractivity contribution in [2.24, 2.45) is 0 Å². The second-order valence-electron chi connectivity index (χ2n) is 2.61. The van der Waals surface area contributed by atoms with Gasteiger partial charge in [0.1, 0.15) is 12.4 Å². The normalized spacial score (nSPS) is 9.21.